The molecule has 0 spiro atoms. The van der Waals surface area contributed by atoms with E-state index in [1.54, 1.807) is 0 Å². The molecule has 6 nitrogen and oxygen atoms in total. The van der Waals surface area contributed by atoms with Gasteiger partial charge in [-0.2, -0.15) is 5.26 Å². The van der Waals surface area contributed by atoms with Crippen molar-refractivity contribution in [3.63, 3.8) is 0 Å². The first-order chi connectivity index (χ1) is 9.95. The minimum atomic E-state index is -1.09. The fraction of sp³-hybridized carbons (Fsp3) is 0.231. The average Bonchev–Trinajstić information content (AvgIpc) is 2.64. The number of hydrogen-bond acceptors (Lipinski definition) is 4. The summed E-state index contributed by atoms with van der Waals surface area (Å²) in [6.07, 6.45) is 0.0782. The van der Waals surface area contributed by atoms with Crippen LogP contribution < -0.4 is 10.2 Å². The van der Waals surface area contributed by atoms with Gasteiger partial charge in [0.1, 0.15) is 12.4 Å². The number of anilines is 1. The Balaban J connectivity index is 2.23. The Morgan fingerprint density at radius 3 is 2.71 bits per heavy atom. The number of Topliss-reactive ketones (excluding diaryl/α,β-unsaturated/α-hetero) is 1. The molecule has 1 heterocycles. The van der Waals surface area contributed by atoms with Crippen LogP contribution in [0.4, 0.5) is 14.5 Å². The van der Waals surface area contributed by atoms with E-state index in [0.717, 1.165) is 6.07 Å². The van der Waals surface area contributed by atoms with Crippen molar-refractivity contribution in [2.75, 3.05) is 18.0 Å². The molecule has 0 bridgehead atoms. The molecular formula is C13H9F2N3O3. The Morgan fingerprint density at radius 2 is 2.05 bits per heavy atom. The summed E-state index contributed by atoms with van der Waals surface area (Å²) < 4.78 is 26.8. The van der Waals surface area contributed by atoms with Crippen LogP contribution in [0.2, 0.25) is 0 Å². The molecule has 0 saturated heterocycles. The van der Waals surface area contributed by atoms with E-state index in [1.807, 2.05) is 6.07 Å². The summed E-state index contributed by atoms with van der Waals surface area (Å²) in [5.41, 5.74) is -0.802. The van der Waals surface area contributed by atoms with E-state index in [2.05, 4.69) is 5.32 Å². The van der Waals surface area contributed by atoms with Gasteiger partial charge in [0, 0.05) is 12.6 Å². The van der Waals surface area contributed by atoms with E-state index in [0.29, 0.717) is 11.0 Å². The highest BCUT2D eigenvalue weighted by Gasteiger charge is 2.39. The SMILES string of the molecule is N#CCCNC(=O)CN1C(=O)C(=O)c2cc(F)cc(F)c21. The van der Waals surface area contributed by atoms with Crippen LogP contribution in [-0.4, -0.2) is 30.7 Å². The first-order valence-corrected chi connectivity index (χ1v) is 5.94. The number of hydrogen-bond donors (Lipinski definition) is 1. The molecule has 2 amide bonds. The van der Waals surface area contributed by atoms with E-state index >= 15 is 0 Å². The lowest BCUT2D eigenvalue weighted by atomic mass is 10.1. The molecule has 0 aromatic heterocycles. The van der Waals surface area contributed by atoms with E-state index in [1.165, 1.54) is 0 Å². The minimum Gasteiger partial charge on any atom is -0.354 e. The van der Waals surface area contributed by atoms with Gasteiger partial charge in [0.15, 0.2) is 5.82 Å². The maximum absolute atomic E-state index is 13.7. The number of nitrogens with zero attached hydrogens (tertiary/aromatic N) is 2. The van der Waals surface area contributed by atoms with Crippen LogP contribution in [0.5, 0.6) is 0 Å². The van der Waals surface area contributed by atoms with Crippen LogP contribution in [0.25, 0.3) is 0 Å². The zero-order chi connectivity index (χ0) is 15.6. The van der Waals surface area contributed by atoms with E-state index < -0.39 is 47.0 Å². The van der Waals surface area contributed by atoms with Gasteiger partial charge in [-0.1, -0.05) is 0 Å². The van der Waals surface area contributed by atoms with Crippen molar-refractivity contribution in [2.24, 2.45) is 0 Å². The molecule has 21 heavy (non-hydrogen) atoms. The smallest absolute Gasteiger partial charge is 0.300 e. The molecule has 0 saturated carbocycles. The molecule has 108 valence electrons. The van der Waals surface area contributed by atoms with Gasteiger partial charge >= 0.3 is 0 Å². The fourth-order valence-corrected chi connectivity index (χ4v) is 1.96. The summed E-state index contributed by atoms with van der Waals surface area (Å²) >= 11 is 0. The maximum atomic E-state index is 13.7. The van der Waals surface area contributed by atoms with Crippen molar-refractivity contribution in [3.05, 3.63) is 29.3 Å². The monoisotopic (exact) mass is 293 g/mol. The summed E-state index contributed by atoms with van der Waals surface area (Å²) in [7, 11) is 0. The van der Waals surface area contributed by atoms with E-state index in [-0.39, 0.29) is 13.0 Å². The number of amides is 2. The van der Waals surface area contributed by atoms with Crippen molar-refractivity contribution >= 4 is 23.3 Å². The second-order valence-electron chi connectivity index (χ2n) is 4.26. The van der Waals surface area contributed by atoms with Gasteiger partial charge in [-0.25, -0.2) is 8.78 Å². The zero-order valence-corrected chi connectivity index (χ0v) is 10.7. The Kier molecular flexibility index (Phi) is 3.93. The molecule has 0 unspecified atom stereocenters. The number of halogens is 2. The molecule has 0 aliphatic carbocycles. The third-order valence-electron chi connectivity index (χ3n) is 2.84. The number of carbonyl (C=O) groups is 3. The molecule has 0 fully saturated rings. The molecule has 1 N–H and O–H groups in total. The Morgan fingerprint density at radius 1 is 1.33 bits per heavy atom. The summed E-state index contributed by atoms with van der Waals surface area (Å²) in [5, 5.41) is 10.7. The Labute approximate surface area is 117 Å². The van der Waals surface area contributed by atoms with Gasteiger partial charge in [-0.05, 0) is 6.07 Å². The number of rotatable bonds is 4. The van der Waals surface area contributed by atoms with Crippen LogP contribution in [0, 0.1) is 23.0 Å². The molecule has 1 aromatic rings. The number of nitriles is 1. The summed E-state index contributed by atoms with van der Waals surface area (Å²) in [6, 6.07) is 3.10. The van der Waals surface area contributed by atoms with E-state index in [4.69, 9.17) is 5.26 Å². The first-order valence-electron chi connectivity index (χ1n) is 5.94. The third kappa shape index (κ3) is 2.72. The Hall–Kier alpha value is -2.82. The lowest BCUT2D eigenvalue weighted by Crippen LogP contribution is -2.40. The highest BCUT2D eigenvalue weighted by Crippen LogP contribution is 2.32. The molecule has 8 heteroatoms. The lowest BCUT2D eigenvalue weighted by Gasteiger charge is -2.16. The van der Waals surface area contributed by atoms with Crippen LogP contribution in [0.1, 0.15) is 16.8 Å². The van der Waals surface area contributed by atoms with Gasteiger partial charge in [0.2, 0.25) is 5.91 Å². The van der Waals surface area contributed by atoms with Gasteiger partial charge in [-0.3, -0.25) is 19.3 Å². The first kappa shape index (κ1) is 14.6. The van der Waals surface area contributed by atoms with Gasteiger partial charge in [-0.15, -0.1) is 0 Å². The van der Waals surface area contributed by atoms with Crippen LogP contribution in [-0.2, 0) is 9.59 Å². The van der Waals surface area contributed by atoms with Crippen LogP contribution in [0.3, 0.4) is 0 Å². The maximum Gasteiger partial charge on any atom is 0.300 e. The van der Waals surface area contributed by atoms with Crippen molar-refractivity contribution in [2.45, 2.75) is 6.42 Å². The largest absolute Gasteiger partial charge is 0.354 e. The molecular weight excluding hydrogens is 284 g/mol. The highest BCUT2D eigenvalue weighted by molar-refractivity contribution is 6.52. The Bertz CT molecular complexity index is 682. The molecule has 1 aromatic carbocycles. The summed E-state index contributed by atoms with van der Waals surface area (Å²) in [6.45, 7) is -0.504. The number of nitrogens with one attached hydrogen (secondary N) is 1. The molecule has 2 rings (SSSR count). The second-order valence-corrected chi connectivity index (χ2v) is 4.26. The lowest BCUT2D eigenvalue weighted by molar-refractivity contribution is -0.122. The molecule has 1 aliphatic heterocycles. The third-order valence-corrected chi connectivity index (χ3v) is 2.84. The van der Waals surface area contributed by atoms with Gasteiger partial charge in [0.25, 0.3) is 11.7 Å². The van der Waals surface area contributed by atoms with E-state index in [9.17, 15) is 23.2 Å². The van der Waals surface area contributed by atoms with Crippen molar-refractivity contribution in [3.8, 4) is 6.07 Å². The predicted octanol–water partition coefficient (Wildman–Crippen LogP) is 0.524. The van der Waals surface area contributed by atoms with Crippen molar-refractivity contribution in [1.82, 2.24) is 5.32 Å². The number of ketones is 1. The topological polar surface area (TPSA) is 90.3 Å². The van der Waals surface area contributed by atoms with Crippen LogP contribution in [0.15, 0.2) is 12.1 Å². The highest BCUT2D eigenvalue weighted by atomic mass is 19.1. The molecule has 0 atom stereocenters. The van der Waals surface area contributed by atoms with Crippen molar-refractivity contribution in [1.29, 1.82) is 5.26 Å². The second kappa shape index (κ2) is 5.66. The zero-order valence-electron chi connectivity index (χ0n) is 10.7. The fourth-order valence-electron chi connectivity index (χ4n) is 1.96. The number of fused-ring (bicyclic) bond motifs is 1. The molecule has 0 radical (unpaired) electrons. The number of carbonyl (C=O) groups excluding carboxylic acids is 3. The normalized spacial score (nSPS) is 13.1. The molecule has 1 aliphatic rings. The van der Waals surface area contributed by atoms with Gasteiger partial charge < -0.3 is 5.32 Å². The van der Waals surface area contributed by atoms with Crippen molar-refractivity contribution < 1.29 is 23.2 Å². The van der Waals surface area contributed by atoms with Gasteiger partial charge in [0.05, 0.1) is 23.7 Å². The minimum absolute atomic E-state index is 0.0735. The summed E-state index contributed by atoms with van der Waals surface area (Å²) in [5.74, 6) is -4.87. The standard InChI is InChI=1S/C13H9F2N3O3/c14-7-4-8-11(9(15)5-7)18(13(21)12(8)20)6-10(19)17-3-1-2-16/h4-5H,1,3,6H2,(H,17,19). The quantitative estimate of drug-likeness (QED) is 0.647. The average molecular weight is 293 g/mol. The predicted molar refractivity (Wildman–Crippen MR) is 66.3 cm³/mol. The van der Waals surface area contributed by atoms with Crippen LogP contribution >= 0.6 is 0 Å². The number of benzene rings is 1. The summed E-state index contributed by atoms with van der Waals surface area (Å²) in [4.78, 5) is 35.7.